The summed E-state index contributed by atoms with van der Waals surface area (Å²) in [7, 11) is 0. The summed E-state index contributed by atoms with van der Waals surface area (Å²) in [6.07, 6.45) is 3.78. The van der Waals surface area contributed by atoms with Gasteiger partial charge in [-0.3, -0.25) is 9.59 Å². The predicted molar refractivity (Wildman–Crippen MR) is 63.2 cm³/mol. The number of aromatic nitrogens is 2. The molecule has 0 bridgehead atoms. The molecule has 6 nitrogen and oxygen atoms in total. The highest BCUT2D eigenvalue weighted by Crippen LogP contribution is 2.13. The van der Waals surface area contributed by atoms with Crippen molar-refractivity contribution in [2.24, 2.45) is 5.73 Å². The topological polar surface area (TPSA) is 101 Å². The zero-order valence-electron chi connectivity index (χ0n) is 10.1. The molecule has 4 N–H and O–H groups in total. The van der Waals surface area contributed by atoms with E-state index in [1.807, 2.05) is 0 Å². The lowest BCUT2D eigenvalue weighted by atomic mass is 9.91. The van der Waals surface area contributed by atoms with Crippen molar-refractivity contribution >= 4 is 11.7 Å². The Balaban J connectivity index is 2.75. The lowest BCUT2D eigenvalue weighted by molar-refractivity contribution is -0.130. The maximum Gasteiger partial charge on any atom is 0.222 e. The minimum atomic E-state index is -0.918. The fraction of sp³-hybridized carbons (Fsp3) is 0.545. The molecule has 1 unspecified atom stereocenters. The number of nitrogens with one attached hydrogen (secondary N) is 2. The van der Waals surface area contributed by atoms with Gasteiger partial charge >= 0.3 is 0 Å². The molecule has 1 rings (SSSR count). The van der Waals surface area contributed by atoms with E-state index in [0.717, 1.165) is 5.69 Å². The standard InChI is InChI=1S/C11H18N4O2/c1-8(16)11(2,15-10(17)3-4-12)5-9-6-13-7-14-9/h6-7H,3-5,12H2,1-2H3,(H,13,14)(H,15,17). The average Bonchev–Trinajstić information content (AvgIpc) is 2.69. The second-order valence-electron chi connectivity index (χ2n) is 4.23. The third-order valence-electron chi connectivity index (χ3n) is 2.66. The number of ketones is 1. The summed E-state index contributed by atoms with van der Waals surface area (Å²) < 4.78 is 0. The third-order valence-corrected chi connectivity index (χ3v) is 2.66. The summed E-state index contributed by atoms with van der Waals surface area (Å²) in [6.45, 7) is 3.42. The monoisotopic (exact) mass is 238 g/mol. The number of carbonyl (C=O) groups is 2. The van der Waals surface area contributed by atoms with Gasteiger partial charge in [-0.05, 0) is 13.8 Å². The van der Waals surface area contributed by atoms with Gasteiger partial charge in [0.25, 0.3) is 0 Å². The average molecular weight is 238 g/mol. The van der Waals surface area contributed by atoms with Gasteiger partial charge in [0.15, 0.2) is 5.78 Å². The maximum absolute atomic E-state index is 11.7. The highest BCUT2D eigenvalue weighted by molar-refractivity contribution is 5.91. The summed E-state index contributed by atoms with van der Waals surface area (Å²) in [4.78, 5) is 30.0. The number of hydrogen-bond acceptors (Lipinski definition) is 4. The molecule has 1 atom stereocenters. The van der Waals surface area contributed by atoms with Gasteiger partial charge in [-0.1, -0.05) is 0 Å². The first-order valence-electron chi connectivity index (χ1n) is 5.47. The zero-order valence-corrected chi connectivity index (χ0v) is 10.1. The van der Waals surface area contributed by atoms with Crippen LogP contribution in [0.3, 0.4) is 0 Å². The molecule has 0 saturated carbocycles. The number of imidazole rings is 1. The Labute approximate surface area is 100.0 Å². The third kappa shape index (κ3) is 3.67. The van der Waals surface area contributed by atoms with Crippen LogP contribution in [0.4, 0.5) is 0 Å². The molecule has 0 aliphatic carbocycles. The van der Waals surface area contributed by atoms with Crippen molar-refractivity contribution in [1.29, 1.82) is 0 Å². The second-order valence-corrected chi connectivity index (χ2v) is 4.23. The summed E-state index contributed by atoms with van der Waals surface area (Å²) in [5.74, 6) is -0.317. The number of hydrogen-bond donors (Lipinski definition) is 3. The number of rotatable bonds is 6. The maximum atomic E-state index is 11.7. The Bertz CT molecular complexity index is 388. The lowest BCUT2D eigenvalue weighted by Crippen LogP contribution is -2.53. The van der Waals surface area contributed by atoms with Crippen molar-refractivity contribution < 1.29 is 9.59 Å². The molecule has 17 heavy (non-hydrogen) atoms. The Morgan fingerprint density at radius 3 is 2.76 bits per heavy atom. The molecule has 6 heteroatoms. The molecule has 0 saturated heterocycles. The molecule has 0 fully saturated rings. The van der Waals surface area contributed by atoms with Crippen molar-refractivity contribution in [2.45, 2.75) is 32.2 Å². The van der Waals surface area contributed by atoms with Crippen molar-refractivity contribution in [3.05, 3.63) is 18.2 Å². The minimum Gasteiger partial charge on any atom is -0.348 e. The van der Waals surface area contributed by atoms with Crippen LogP contribution in [0, 0.1) is 0 Å². The molecular formula is C11H18N4O2. The van der Waals surface area contributed by atoms with Gasteiger partial charge in [-0.25, -0.2) is 4.98 Å². The van der Waals surface area contributed by atoms with Gasteiger partial charge < -0.3 is 16.0 Å². The number of nitrogens with two attached hydrogens (primary N) is 1. The fourth-order valence-electron chi connectivity index (χ4n) is 1.52. The zero-order chi connectivity index (χ0) is 12.9. The van der Waals surface area contributed by atoms with Gasteiger partial charge in [-0.2, -0.15) is 0 Å². The molecule has 0 radical (unpaired) electrons. The number of amides is 1. The molecule has 1 aromatic rings. The first-order valence-corrected chi connectivity index (χ1v) is 5.47. The lowest BCUT2D eigenvalue weighted by Gasteiger charge is -2.27. The Morgan fingerprint density at radius 1 is 1.59 bits per heavy atom. The van der Waals surface area contributed by atoms with Crippen molar-refractivity contribution in [3.63, 3.8) is 0 Å². The molecular weight excluding hydrogens is 220 g/mol. The normalized spacial score (nSPS) is 14.1. The first kappa shape index (κ1) is 13.4. The molecule has 0 aliphatic rings. The number of H-pyrrole nitrogens is 1. The smallest absolute Gasteiger partial charge is 0.222 e. The highest BCUT2D eigenvalue weighted by atomic mass is 16.2. The largest absolute Gasteiger partial charge is 0.348 e. The number of Topliss-reactive ketones (excluding diaryl/α,β-unsaturated/α-hetero) is 1. The van der Waals surface area contributed by atoms with Crippen LogP contribution < -0.4 is 11.1 Å². The number of carbonyl (C=O) groups excluding carboxylic acids is 2. The van der Waals surface area contributed by atoms with Gasteiger partial charge in [0.05, 0.1) is 6.33 Å². The summed E-state index contributed by atoms with van der Waals surface area (Å²) >= 11 is 0. The molecule has 94 valence electrons. The Kier molecular flexibility index (Phi) is 4.39. The quantitative estimate of drug-likeness (QED) is 0.637. The SMILES string of the molecule is CC(=O)C(C)(Cc1cnc[nH]1)NC(=O)CCN. The van der Waals surface area contributed by atoms with E-state index in [1.54, 1.807) is 13.1 Å². The first-order chi connectivity index (χ1) is 7.98. The van der Waals surface area contributed by atoms with Crippen LogP contribution in [0.2, 0.25) is 0 Å². The fourth-order valence-corrected chi connectivity index (χ4v) is 1.52. The number of nitrogens with zero attached hydrogens (tertiary/aromatic N) is 1. The van der Waals surface area contributed by atoms with E-state index in [9.17, 15) is 9.59 Å². The molecule has 0 aromatic carbocycles. The van der Waals surface area contributed by atoms with E-state index in [4.69, 9.17) is 5.73 Å². The van der Waals surface area contributed by atoms with Crippen LogP contribution >= 0.6 is 0 Å². The summed E-state index contributed by atoms with van der Waals surface area (Å²) in [5, 5.41) is 2.72. The molecule has 1 amide bonds. The van der Waals surface area contributed by atoms with E-state index >= 15 is 0 Å². The van der Waals surface area contributed by atoms with E-state index in [-0.39, 0.29) is 24.7 Å². The van der Waals surface area contributed by atoms with Gasteiger partial charge in [0.2, 0.25) is 5.91 Å². The molecule has 1 heterocycles. The number of aromatic amines is 1. The highest BCUT2D eigenvalue weighted by Gasteiger charge is 2.32. The Hall–Kier alpha value is -1.69. The predicted octanol–water partition coefficient (Wildman–Crippen LogP) is -0.235. The van der Waals surface area contributed by atoms with Crippen LogP contribution in [0.25, 0.3) is 0 Å². The van der Waals surface area contributed by atoms with Crippen molar-refractivity contribution in [3.8, 4) is 0 Å². The van der Waals surface area contributed by atoms with Gasteiger partial charge in [0, 0.05) is 31.3 Å². The van der Waals surface area contributed by atoms with Crippen LogP contribution in [0.1, 0.15) is 26.0 Å². The van der Waals surface area contributed by atoms with E-state index in [1.165, 1.54) is 13.3 Å². The molecule has 0 aliphatic heterocycles. The minimum absolute atomic E-state index is 0.0996. The summed E-state index contributed by atoms with van der Waals surface area (Å²) in [6, 6.07) is 0. The van der Waals surface area contributed by atoms with E-state index in [0.29, 0.717) is 6.42 Å². The van der Waals surface area contributed by atoms with Gasteiger partial charge in [-0.15, -0.1) is 0 Å². The van der Waals surface area contributed by atoms with E-state index < -0.39 is 5.54 Å². The van der Waals surface area contributed by atoms with Crippen molar-refractivity contribution in [1.82, 2.24) is 15.3 Å². The molecule has 1 aromatic heterocycles. The molecule has 0 spiro atoms. The van der Waals surface area contributed by atoms with Crippen LogP contribution in [0.5, 0.6) is 0 Å². The summed E-state index contributed by atoms with van der Waals surface area (Å²) in [5.41, 5.74) is 5.18. The van der Waals surface area contributed by atoms with E-state index in [2.05, 4.69) is 15.3 Å². The Morgan fingerprint density at radius 2 is 2.29 bits per heavy atom. The van der Waals surface area contributed by atoms with Crippen LogP contribution in [-0.4, -0.2) is 33.7 Å². The van der Waals surface area contributed by atoms with Crippen LogP contribution in [0.15, 0.2) is 12.5 Å². The van der Waals surface area contributed by atoms with Crippen LogP contribution in [-0.2, 0) is 16.0 Å². The van der Waals surface area contributed by atoms with Gasteiger partial charge in [0.1, 0.15) is 5.54 Å². The van der Waals surface area contributed by atoms with Crippen molar-refractivity contribution in [2.75, 3.05) is 6.54 Å². The second kappa shape index (κ2) is 5.58.